The Bertz CT molecular complexity index is 422. The van der Waals surface area contributed by atoms with Gasteiger partial charge in [0.15, 0.2) is 0 Å². The number of anilines is 1. The lowest BCUT2D eigenvalue weighted by molar-refractivity contribution is 0.783. The quantitative estimate of drug-likeness (QED) is 0.821. The van der Waals surface area contributed by atoms with Crippen LogP contribution >= 0.6 is 11.3 Å². The summed E-state index contributed by atoms with van der Waals surface area (Å²) in [4.78, 5) is 2.57. The summed E-state index contributed by atoms with van der Waals surface area (Å²) in [7, 11) is 1.85. The molecule has 0 fully saturated rings. The molecule has 14 heavy (non-hydrogen) atoms. The highest BCUT2D eigenvalue weighted by atomic mass is 32.1. The van der Waals surface area contributed by atoms with Crippen LogP contribution in [0.2, 0.25) is 0 Å². The molecule has 0 aromatic carbocycles. The lowest BCUT2D eigenvalue weighted by atomic mass is 10.3. The Balaban J connectivity index is 2.39. The Labute approximate surface area is 87.2 Å². The first-order chi connectivity index (χ1) is 6.70. The van der Waals surface area contributed by atoms with Crippen LogP contribution in [0.25, 0.3) is 10.6 Å². The number of nitrogen functional groups attached to an aromatic ring is 1. The normalized spacial score (nSPS) is 10.7. The van der Waals surface area contributed by atoms with Gasteiger partial charge in [0.1, 0.15) is 11.5 Å². The first-order valence-corrected chi connectivity index (χ1v) is 5.41. The van der Waals surface area contributed by atoms with E-state index in [2.05, 4.69) is 24.2 Å². The maximum absolute atomic E-state index is 5.72. The summed E-state index contributed by atoms with van der Waals surface area (Å²) in [6, 6.07) is 6.15. The largest absolute Gasteiger partial charge is 0.384 e. The van der Waals surface area contributed by atoms with Crippen molar-refractivity contribution in [2.24, 2.45) is 7.05 Å². The molecule has 0 aliphatic carbocycles. The Morgan fingerprint density at radius 3 is 2.79 bits per heavy atom. The van der Waals surface area contributed by atoms with Gasteiger partial charge in [0, 0.05) is 18.0 Å². The molecule has 0 saturated carbocycles. The SMILES string of the molecule is CCc1ccc(-c2cc(N)n(C)n2)s1. The number of aromatic nitrogens is 2. The highest BCUT2D eigenvalue weighted by Crippen LogP contribution is 2.28. The first-order valence-electron chi connectivity index (χ1n) is 4.59. The topological polar surface area (TPSA) is 43.8 Å². The van der Waals surface area contributed by atoms with Crippen molar-refractivity contribution in [3.05, 3.63) is 23.1 Å². The minimum atomic E-state index is 0.700. The van der Waals surface area contributed by atoms with Crippen LogP contribution in [-0.2, 0) is 13.5 Å². The molecule has 0 spiro atoms. The molecule has 0 atom stereocenters. The number of hydrogen-bond acceptors (Lipinski definition) is 3. The van der Waals surface area contributed by atoms with Crippen molar-refractivity contribution in [1.29, 1.82) is 0 Å². The summed E-state index contributed by atoms with van der Waals surface area (Å²) in [6.07, 6.45) is 1.08. The summed E-state index contributed by atoms with van der Waals surface area (Å²) in [5, 5.41) is 4.33. The van der Waals surface area contributed by atoms with Gasteiger partial charge in [0.05, 0.1) is 4.88 Å². The Morgan fingerprint density at radius 2 is 2.29 bits per heavy atom. The summed E-state index contributed by atoms with van der Waals surface area (Å²) in [5.74, 6) is 0.700. The standard InChI is InChI=1S/C10H13N3S/c1-3-7-4-5-9(14-7)8-6-10(11)13(2)12-8/h4-6H,3,11H2,1-2H3. The number of hydrogen-bond donors (Lipinski definition) is 1. The van der Waals surface area contributed by atoms with Crippen molar-refractivity contribution < 1.29 is 0 Å². The van der Waals surface area contributed by atoms with Crippen molar-refractivity contribution in [2.45, 2.75) is 13.3 Å². The van der Waals surface area contributed by atoms with E-state index in [-0.39, 0.29) is 0 Å². The van der Waals surface area contributed by atoms with Crippen LogP contribution in [-0.4, -0.2) is 9.78 Å². The summed E-state index contributed by atoms with van der Waals surface area (Å²) in [5.41, 5.74) is 6.69. The molecule has 0 unspecified atom stereocenters. The molecule has 2 rings (SSSR count). The van der Waals surface area contributed by atoms with Gasteiger partial charge in [-0.2, -0.15) is 5.10 Å². The highest BCUT2D eigenvalue weighted by molar-refractivity contribution is 7.15. The Kier molecular flexibility index (Phi) is 2.29. The van der Waals surface area contributed by atoms with Gasteiger partial charge >= 0.3 is 0 Å². The molecule has 0 aliphatic rings. The van der Waals surface area contributed by atoms with E-state index in [1.807, 2.05) is 13.1 Å². The second-order valence-electron chi connectivity index (χ2n) is 3.20. The predicted octanol–water partition coefficient (Wildman–Crippen LogP) is 2.29. The van der Waals surface area contributed by atoms with Gasteiger partial charge in [-0.05, 0) is 18.6 Å². The fourth-order valence-corrected chi connectivity index (χ4v) is 2.21. The van der Waals surface area contributed by atoms with Crippen molar-refractivity contribution in [3.63, 3.8) is 0 Å². The van der Waals surface area contributed by atoms with Crippen molar-refractivity contribution in [3.8, 4) is 10.6 Å². The van der Waals surface area contributed by atoms with Gasteiger partial charge < -0.3 is 5.73 Å². The summed E-state index contributed by atoms with van der Waals surface area (Å²) in [6.45, 7) is 2.16. The van der Waals surface area contributed by atoms with Crippen LogP contribution in [0, 0.1) is 0 Å². The molecule has 0 saturated heterocycles. The average Bonchev–Trinajstić information content (AvgIpc) is 2.74. The van der Waals surface area contributed by atoms with Crippen LogP contribution < -0.4 is 5.73 Å². The molecule has 3 nitrogen and oxygen atoms in total. The third-order valence-electron chi connectivity index (χ3n) is 2.18. The molecule has 0 radical (unpaired) electrons. The fourth-order valence-electron chi connectivity index (χ4n) is 1.31. The molecule has 74 valence electrons. The van der Waals surface area contributed by atoms with E-state index in [9.17, 15) is 0 Å². The van der Waals surface area contributed by atoms with Crippen molar-refractivity contribution in [2.75, 3.05) is 5.73 Å². The van der Waals surface area contributed by atoms with Crippen LogP contribution in [0.3, 0.4) is 0 Å². The molecule has 2 aromatic rings. The molecular weight excluding hydrogens is 194 g/mol. The van der Waals surface area contributed by atoms with Gasteiger partial charge in [0.25, 0.3) is 0 Å². The minimum Gasteiger partial charge on any atom is -0.384 e. The number of aryl methyl sites for hydroxylation is 2. The smallest absolute Gasteiger partial charge is 0.121 e. The molecule has 2 aromatic heterocycles. The van der Waals surface area contributed by atoms with Crippen LogP contribution in [0.15, 0.2) is 18.2 Å². The summed E-state index contributed by atoms with van der Waals surface area (Å²) >= 11 is 1.78. The lowest BCUT2D eigenvalue weighted by Crippen LogP contribution is -1.96. The molecular formula is C10H13N3S. The second kappa shape index (κ2) is 3.46. The average molecular weight is 207 g/mol. The Hall–Kier alpha value is -1.29. The van der Waals surface area contributed by atoms with E-state index in [0.29, 0.717) is 5.82 Å². The van der Waals surface area contributed by atoms with E-state index < -0.39 is 0 Å². The molecule has 4 heteroatoms. The number of nitrogens with zero attached hydrogens (tertiary/aromatic N) is 2. The van der Waals surface area contributed by atoms with E-state index in [1.165, 1.54) is 9.75 Å². The van der Waals surface area contributed by atoms with Gasteiger partial charge in [-0.3, -0.25) is 4.68 Å². The van der Waals surface area contributed by atoms with Crippen molar-refractivity contribution in [1.82, 2.24) is 9.78 Å². The van der Waals surface area contributed by atoms with Gasteiger partial charge in [-0.15, -0.1) is 11.3 Å². The van der Waals surface area contributed by atoms with Crippen molar-refractivity contribution >= 4 is 17.2 Å². The predicted molar refractivity (Wildman–Crippen MR) is 60.3 cm³/mol. The third-order valence-corrected chi connectivity index (χ3v) is 3.43. The molecule has 2 heterocycles. The number of rotatable bonds is 2. The monoisotopic (exact) mass is 207 g/mol. The molecule has 0 amide bonds. The first kappa shape index (κ1) is 9.27. The molecule has 0 bridgehead atoms. The second-order valence-corrected chi connectivity index (χ2v) is 4.37. The fraction of sp³-hybridized carbons (Fsp3) is 0.300. The van der Waals surface area contributed by atoms with E-state index in [0.717, 1.165) is 12.1 Å². The van der Waals surface area contributed by atoms with E-state index in [4.69, 9.17) is 5.73 Å². The van der Waals surface area contributed by atoms with Gasteiger partial charge in [0.2, 0.25) is 0 Å². The molecule has 2 N–H and O–H groups in total. The number of nitrogens with two attached hydrogens (primary N) is 1. The van der Waals surface area contributed by atoms with Crippen LogP contribution in [0.5, 0.6) is 0 Å². The Morgan fingerprint density at radius 1 is 1.50 bits per heavy atom. The van der Waals surface area contributed by atoms with E-state index >= 15 is 0 Å². The lowest BCUT2D eigenvalue weighted by Gasteiger charge is -1.89. The van der Waals surface area contributed by atoms with Gasteiger partial charge in [-0.1, -0.05) is 6.92 Å². The van der Waals surface area contributed by atoms with Gasteiger partial charge in [-0.25, -0.2) is 0 Å². The van der Waals surface area contributed by atoms with Crippen LogP contribution in [0.1, 0.15) is 11.8 Å². The van der Waals surface area contributed by atoms with E-state index in [1.54, 1.807) is 16.0 Å². The zero-order valence-electron chi connectivity index (χ0n) is 8.32. The third kappa shape index (κ3) is 1.53. The maximum Gasteiger partial charge on any atom is 0.121 e. The minimum absolute atomic E-state index is 0.700. The van der Waals surface area contributed by atoms with Crippen LogP contribution in [0.4, 0.5) is 5.82 Å². The summed E-state index contributed by atoms with van der Waals surface area (Å²) < 4.78 is 1.70. The zero-order chi connectivity index (χ0) is 10.1. The maximum atomic E-state index is 5.72. The number of thiophene rings is 1. The molecule has 0 aliphatic heterocycles. The zero-order valence-corrected chi connectivity index (χ0v) is 9.14. The highest BCUT2D eigenvalue weighted by Gasteiger charge is 2.06.